The third-order valence-corrected chi connectivity index (χ3v) is 4.25. The van der Waals surface area contributed by atoms with E-state index in [2.05, 4.69) is 10.3 Å². The Balaban J connectivity index is 1.61. The second-order valence-electron chi connectivity index (χ2n) is 5.66. The summed E-state index contributed by atoms with van der Waals surface area (Å²) in [5.41, 5.74) is 2.12. The molecule has 1 aliphatic heterocycles. The van der Waals surface area contributed by atoms with Crippen LogP contribution in [-0.2, 0) is 22.4 Å². The monoisotopic (exact) mass is 276 g/mol. The van der Waals surface area contributed by atoms with Crippen LogP contribution in [0.3, 0.4) is 0 Å². The molecule has 1 unspecified atom stereocenters. The van der Waals surface area contributed by atoms with E-state index in [1.807, 2.05) is 6.07 Å². The first-order valence-corrected chi connectivity index (χ1v) is 7.31. The highest BCUT2D eigenvalue weighted by Gasteiger charge is 2.26. The molecule has 0 aromatic carbocycles. The summed E-state index contributed by atoms with van der Waals surface area (Å²) < 4.78 is 5.28. The lowest BCUT2D eigenvalue weighted by Crippen LogP contribution is -2.43. The lowest BCUT2D eigenvalue weighted by atomic mass is 9.91. The number of rotatable bonds is 2. The Morgan fingerprint density at radius 2 is 2.05 bits per heavy atom. The summed E-state index contributed by atoms with van der Waals surface area (Å²) in [4.78, 5) is 26.4. The quantitative estimate of drug-likeness (QED) is 0.838. The number of aromatic nitrogens is 1. The predicted octanol–water partition coefficient (Wildman–Crippen LogP) is 0.775. The molecule has 0 radical (unpaired) electrons. The van der Waals surface area contributed by atoms with E-state index >= 15 is 0 Å². The Morgan fingerprint density at radius 1 is 1.25 bits per heavy atom. The normalized spacial score (nSPS) is 23.1. The van der Waals surface area contributed by atoms with Gasteiger partial charge in [0.05, 0.1) is 0 Å². The molecule has 2 N–H and O–H groups in total. The van der Waals surface area contributed by atoms with Crippen molar-refractivity contribution < 1.29 is 9.53 Å². The number of pyridine rings is 1. The van der Waals surface area contributed by atoms with Gasteiger partial charge in [-0.3, -0.25) is 9.59 Å². The summed E-state index contributed by atoms with van der Waals surface area (Å²) >= 11 is 0. The van der Waals surface area contributed by atoms with Crippen LogP contribution >= 0.6 is 0 Å². The second kappa shape index (κ2) is 5.79. The third kappa shape index (κ3) is 2.93. The van der Waals surface area contributed by atoms with Crippen LogP contribution in [-0.4, -0.2) is 30.1 Å². The molecule has 20 heavy (non-hydrogen) atoms. The number of hydrogen-bond donors (Lipinski definition) is 2. The minimum Gasteiger partial charge on any atom is -0.381 e. The van der Waals surface area contributed by atoms with Gasteiger partial charge in [-0.1, -0.05) is 6.07 Å². The minimum atomic E-state index is -0.0477. The molecular weight excluding hydrogens is 256 g/mol. The summed E-state index contributed by atoms with van der Waals surface area (Å²) in [6.45, 7) is 1.37. The number of fused-ring (bicyclic) bond motifs is 1. The molecule has 1 amide bonds. The Hall–Kier alpha value is -1.62. The van der Waals surface area contributed by atoms with Gasteiger partial charge in [-0.05, 0) is 37.7 Å². The summed E-state index contributed by atoms with van der Waals surface area (Å²) in [7, 11) is 0. The number of hydrogen-bond acceptors (Lipinski definition) is 3. The number of amides is 1. The number of ether oxygens (including phenoxy) is 1. The number of nitrogens with one attached hydrogen (secondary N) is 2. The Labute approximate surface area is 117 Å². The van der Waals surface area contributed by atoms with Crippen LogP contribution in [0.25, 0.3) is 0 Å². The largest absolute Gasteiger partial charge is 0.381 e. The highest BCUT2D eigenvalue weighted by Crippen LogP contribution is 2.20. The molecule has 3 rings (SSSR count). The van der Waals surface area contributed by atoms with Gasteiger partial charge in [-0.15, -0.1) is 0 Å². The zero-order valence-corrected chi connectivity index (χ0v) is 11.5. The highest BCUT2D eigenvalue weighted by molar-refractivity contribution is 5.79. The average molecular weight is 276 g/mol. The van der Waals surface area contributed by atoms with Crippen molar-refractivity contribution in [2.45, 2.75) is 38.1 Å². The first kappa shape index (κ1) is 13.4. The van der Waals surface area contributed by atoms with Gasteiger partial charge in [0.15, 0.2) is 0 Å². The van der Waals surface area contributed by atoms with E-state index in [1.165, 1.54) is 0 Å². The van der Waals surface area contributed by atoms with E-state index in [9.17, 15) is 9.59 Å². The van der Waals surface area contributed by atoms with Gasteiger partial charge in [-0.2, -0.15) is 0 Å². The Bertz CT molecular complexity index is 546. The van der Waals surface area contributed by atoms with Crippen molar-refractivity contribution in [2.75, 3.05) is 13.2 Å². The van der Waals surface area contributed by atoms with E-state index in [0.29, 0.717) is 13.2 Å². The molecule has 1 aromatic rings. The van der Waals surface area contributed by atoms with Gasteiger partial charge in [0.1, 0.15) is 0 Å². The topological polar surface area (TPSA) is 71.2 Å². The summed E-state index contributed by atoms with van der Waals surface area (Å²) in [6.07, 6.45) is 4.16. The summed E-state index contributed by atoms with van der Waals surface area (Å²) in [5.74, 6) is 0.256. The second-order valence-corrected chi connectivity index (χ2v) is 5.66. The smallest absolute Gasteiger partial charge is 0.248 e. The molecule has 0 saturated carbocycles. The van der Waals surface area contributed by atoms with Crippen LogP contribution in [0.15, 0.2) is 16.9 Å². The van der Waals surface area contributed by atoms with E-state index in [1.54, 1.807) is 6.07 Å². The SMILES string of the molecule is O=C(NC1CCc2[nH]c(=O)ccc2C1)C1CCOCC1. The maximum Gasteiger partial charge on any atom is 0.248 e. The molecule has 2 heterocycles. The first-order chi connectivity index (χ1) is 9.72. The molecule has 5 nitrogen and oxygen atoms in total. The van der Waals surface area contributed by atoms with Crippen molar-refractivity contribution in [3.63, 3.8) is 0 Å². The molecule has 5 heteroatoms. The Kier molecular flexibility index (Phi) is 3.87. The molecule has 1 fully saturated rings. The number of aromatic amines is 1. The minimum absolute atomic E-state index is 0.0477. The molecule has 1 aromatic heterocycles. The van der Waals surface area contributed by atoms with Crippen LogP contribution in [0, 0.1) is 5.92 Å². The van der Waals surface area contributed by atoms with Crippen LogP contribution in [0.5, 0.6) is 0 Å². The van der Waals surface area contributed by atoms with Gasteiger partial charge in [0, 0.05) is 36.9 Å². The van der Waals surface area contributed by atoms with Crippen molar-refractivity contribution in [1.82, 2.24) is 10.3 Å². The molecule has 1 atom stereocenters. The van der Waals surface area contributed by atoms with Gasteiger partial charge < -0.3 is 15.0 Å². The van der Waals surface area contributed by atoms with E-state index in [-0.39, 0.29) is 23.4 Å². The zero-order chi connectivity index (χ0) is 13.9. The summed E-state index contributed by atoms with van der Waals surface area (Å²) in [5, 5.41) is 3.16. The van der Waals surface area contributed by atoms with Crippen LogP contribution in [0.4, 0.5) is 0 Å². The molecular formula is C15H20N2O3. The predicted molar refractivity (Wildman–Crippen MR) is 74.6 cm³/mol. The first-order valence-electron chi connectivity index (χ1n) is 7.31. The van der Waals surface area contributed by atoms with Crippen molar-refractivity contribution >= 4 is 5.91 Å². The van der Waals surface area contributed by atoms with Crippen molar-refractivity contribution in [3.05, 3.63) is 33.7 Å². The number of carbonyl (C=O) groups excluding carboxylic acids is 1. The maximum atomic E-state index is 12.2. The fourth-order valence-corrected chi connectivity index (χ4v) is 3.05. The number of H-pyrrole nitrogens is 1. The average Bonchev–Trinajstić information content (AvgIpc) is 2.48. The van der Waals surface area contributed by atoms with Crippen LogP contribution in [0.1, 0.15) is 30.5 Å². The van der Waals surface area contributed by atoms with Crippen LogP contribution in [0.2, 0.25) is 0 Å². The van der Waals surface area contributed by atoms with Gasteiger partial charge in [0.2, 0.25) is 11.5 Å². The van der Waals surface area contributed by atoms with Crippen LogP contribution < -0.4 is 10.9 Å². The fourth-order valence-electron chi connectivity index (χ4n) is 3.05. The maximum absolute atomic E-state index is 12.2. The van der Waals surface area contributed by atoms with Gasteiger partial charge in [-0.25, -0.2) is 0 Å². The molecule has 1 saturated heterocycles. The molecule has 1 aliphatic carbocycles. The van der Waals surface area contributed by atoms with Gasteiger partial charge >= 0.3 is 0 Å². The lowest BCUT2D eigenvalue weighted by Gasteiger charge is -2.28. The molecule has 108 valence electrons. The Morgan fingerprint density at radius 3 is 2.85 bits per heavy atom. The zero-order valence-electron chi connectivity index (χ0n) is 11.5. The van der Waals surface area contributed by atoms with Crippen molar-refractivity contribution in [2.24, 2.45) is 5.92 Å². The van der Waals surface area contributed by atoms with E-state index in [0.717, 1.165) is 43.4 Å². The van der Waals surface area contributed by atoms with Crippen molar-refractivity contribution in [3.8, 4) is 0 Å². The van der Waals surface area contributed by atoms with E-state index < -0.39 is 0 Å². The third-order valence-electron chi connectivity index (χ3n) is 4.25. The van der Waals surface area contributed by atoms with Gasteiger partial charge in [0.25, 0.3) is 0 Å². The lowest BCUT2D eigenvalue weighted by molar-refractivity contribution is -0.128. The fraction of sp³-hybridized carbons (Fsp3) is 0.600. The molecule has 0 bridgehead atoms. The highest BCUT2D eigenvalue weighted by atomic mass is 16.5. The number of carbonyl (C=O) groups is 1. The standard InChI is InChI=1S/C15H20N2O3/c18-14-4-1-11-9-12(2-3-13(11)17-14)16-15(19)10-5-7-20-8-6-10/h1,4,10,12H,2-3,5-9H2,(H,16,19)(H,17,18). The number of aryl methyl sites for hydroxylation is 1. The van der Waals surface area contributed by atoms with E-state index in [4.69, 9.17) is 4.74 Å². The summed E-state index contributed by atoms with van der Waals surface area (Å²) in [6, 6.07) is 3.62. The van der Waals surface area contributed by atoms with Crippen molar-refractivity contribution in [1.29, 1.82) is 0 Å². The molecule has 0 spiro atoms. The molecule has 2 aliphatic rings.